The molecule has 0 unspecified atom stereocenters. The van der Waals surface area contributed by atoms with Crippen molar-refractivity contribution in [3.63, 3.8) is 0 Å². The molecule has 1 aliphatic rings. The number of methoxy groups -OCH3 is 1. The van der Waals surface area contributed by atoms with Crippen molar-refractivity contribution in [2.24, 2.45) is 5.92 Å². The molecule has 6 heteroatoms. The van der Waals surface area contributed by atoms with E-state index in [1.165, 1.54) is 11.3 Å². The number of likely N-dealkylation sites (tertiary alicyclic amines) is 1. The molecule has 5 rings (SSSR count). The quantitative estimate of drug-likeness (QED) is 0.353. The fourth-order valence-electron chi connectivity index (χ4n) is 4.60. The SMILES string of the molecule is COc1cccc([C@H](c2oc3ccccc3c2NC(=O)c2cccs2)N2CCC(C)CC2)c1. The summed E-state index contributed by atoms with van der Waals surface area (Å²) in [7, 11) is 1.69. The number of nitrogens with one attached hydrogen (secondary N) is 1. The Morgan fingerprint density at radius 1 is 1.12 bits per heavy atom. The normalized spacial score (nSPS) is 16.1. The molecule has 1 fully saturated rings. The number of benzene rings is 2. The first-order valence-corrected chi connectivity index (χ1v) is 12.3. The molecule has 3 heterocycles. The second kappa shape index (κ2) is 9.41. The zero-order valence-corrected chi connectivity index (χ0v) is 19.7. The van der Waals surface area contributed by atoms with Crippen molar-refractivity contribution in [3.05, 3.63) is 82.2 Å². The Bertz CT molecular complexity index is 1240. The Balaban J connectivity index is 1.64. The van der Waals surface area contributed by atoms with Crippen LogP contribution in [0.3, 0.4) is 0 Å². The third-order valence-corrected chi connectivity index (χ3v) is 7.32. The molecule has 1 amide bonds. The molecule has 0 bridgehead atoms. The molecular weight excluding hydrogens is 432 g/mol. The first-order valence-electron chi connectivity index (χ1n) is 11.4. The van der Waals surface area contributed by atoms with Crippen molar-refractivity contribution in [3.8, 4) is 5.75 Å². The predicted molar refractivity (Wildman–Crippen MR) is 133 cm³/mol. The van der Waals surface area contributed by atoms with Crippen LogP contribution >= 0.6 is 11.3 Å². The van der Waals surface area contributed by atoms with Gasteiger partial charge in [0.05, 0.1) is 23.7 Å². The van der Waals surface area contributed by atoms with Gasteiger partial charge in [0.2, 0.25) is 0 Å². The van der Waals surface area contributed by atoms with E-state index in [9.17, 15) is 4.79 Å². The highest BCUT2D eigenvalue weighted by Crippen LogP contribution is 2.42. The fourth-order valence-corrected chi connectivity index (χ4v) is 5.21. The molecule has 170 valence electrons. The van der Waals surface area contributed by atoms with Crippen LogP contribution in [0.15, 0.2) is 70.5 Å². The lowest BCUT2D eigenvalue weighted by Gasteiger charge is -2.36. The number of amides is 1. The predicted octanol–water partition coefficient (Wildman–Crippen LogP) is 6.58. The summed E-state index contributed by atoms with van der Waals surface area (Å²) in [4.78, 5) is 16.2. The van der Waals surface area contributed by atoms with Gasteiger partial charge in [-0.15, -0.1) is 11.3 Å². The monoisotopic (exact) mass is 460 g/mol. The number of rotatable bonds is 6. The zero-order chi connectivity index (χ0) is 22.8. The lowest BCUT2D eigenvalue weighted by Crippen LogP contribution is -2.37. The van der Waals surface area contributed by atoms with E-state index in [-0.39, 0.29) is 11.9 Å². The lowest BCUT2D eigenvalue weighted by molar-refractivity contribution is 0.102. The third-order valence-electron chi connectivity index (χ3n) is 6.45. The summed E-state index contributed by atoms with van der Waals surface area (Å²) in [5.41, 5.74) is 2.61. The number of anilines is 1. The van der Waals surface area contributed by atoms with Crippen LogP contribution in [0, 0.1) is 5.92 Å². The van der Waals surface area contributed by atoms with Gasteiger partial charge in [-0.25, -0.2) is 0 Å². The van der Waals surface area contributed by atoms with E-state index in [0.29, 0.717) is 10.8 Å². The Morgan fingerprint density at radius 3 is 2.70 bits per heavy atom. The van der Waals surface area contributed by atoms with E-state index in [1.54, 1.807) is 7.11 Å². The molecule has 4 aromatic rings. The van der Waals surface area contributed by atoms with E-state index in [0.717, 1.165) is 59.7 Å². The topological polar surface area (TPSA) is 54.7 Å². The number of nitrogens with zero attached hydrogens (tertiary/aromatic N) is 1. The van der Waals surface area contributed by atoms with Crippen LogP contribution in [0.25, 0.3) is 11.0 Å². The number of thiophene rings is 1. The number of hydrogen-bond acceptors (Lipinski definition) is 5. The second-order valence-corrected chi connectivity index (χ2v) is 9.61. The van der Waals surface area contributed by atoms with Crippen LogP contribution in [0.5, 0.6) is 5.75 Å². The first-order chi connectivity index (χ1) is 16.1. The van der Waals surface area contributed by atoms with Gasteiger partial charge >= 0.3 is 0 Å². The second-order valence-electron chi connectivity index (χ2n) is 8.67. The number of hydrogen-bond donors (Lipinski definition) is 1. The highest BCUT2D eigenvalue weighted by molar-refractivity contribution is 7.12. The van der Waals surface area contributed by atoms with E-state index in [4.69, 9.17) is 9.15 Å². The molecule has 0 radical (unpaired) electrons. The smallest absolute Gasteiger partial charge is 0.265 e. The maximum atomic E-state index is 13.1. The molecule has 0 saturated carbocycles. The highest BCUT2D eigenvalue weighted by atomic mass is 32.1. The van der Waals surface area contributed by atoms with Gasteiger partial charge in [-0.3, -0.25) is 9.69 Å². The van der Waals surface area contributed by atoms with Gasteiger partial charge in [0.15, 0.2) is 0 Å². The maximum Gasteiger partial charge on any atom is 0.265 e. The van der Waals surface area contributed by atoms with Crippen molar-refractivity contribution in [2.75, 3.05) is 25.5 Å². The molecule has 33 heavy (non-hydrogen) atoms. The summed E-state index contributed by atoms with van der Waals surface area (Å²) < 4.78 is 12.0. The molecule has 1 aliphatic heterocycles. The number of furan rings is 1. The van der Waals surface area contributed by atoms with E-state index < -0.39 is 0 Å². The Kier molecular flexibility index (Phi) is 6.20. The summed E-state index contributed by atoms with van der Waals surface area (Å²) in [6.07, 6.45) is 2.27. The standard InChI is InChI=1S/C27H28N2O3S/c1-18-12-14-29(15-13-18)25(19-7-5-8-20(17-19)31-2)26-24(21-9-3-4-10-22(21)32-26)28-27(30)23-11-6-16-33-23/h3-11,16-18,25H,12-15H2,1-2H3,(H,28,30)/t25-/m1/s1. The minimum absolute atomic E-state index is 0.116. The van der Waals surface area contributed by atoms with Gasteiger partial charge in [-0.1, -0.05) is 37.3 Å². The van der Waals surface area contributed by atoms with Crippen molar-refractivity contribution < 1.29 is 13.9 Å². The van der Waals surface area contributed by atoms with Gasteiger partial charge in [-0.05, 0) is 73.1 Å². The number of ether oxygens (including phenoxy) is 1. The minimum Gasteiger partial charge on any atom is -0.497 e. The minimum atomic E-state index is -0.126. The van der Waals surface area contributed by atoms with Crippen LogP contribution in [0.4, 0.5) is 5.69 Å². The van der Waals surface area contributed by atoms with Crippen molar-refractivity contribution >= 4 is 33.9 Å². The van der Waals surface area contributed by atoms with Crippen molar-refractivity contribution in [1.82, 2.24) is 4.90 Å². The Morgan fingerprint density at radius 2 is 1.94 bits per heavy atom. The van der Waals surface area contributed by atoms with E-state index in [1.807, 2.05) is 53.9 Å². The number of carbonyl (C=O) groups excluding carboxylic acids is 1. The van der Waals surface area contributed by atoms with Gasteiger partial charge in [0.25, 0.3) is 5.91 Å². The third kappa shape index (κ3) is 4.41. The number of carbonyl (C=O) groups is 1. The zero-order valence-electron chi connectivity index (χ0n) is 18.9. The molecule has 2 aromatic heterocycles. The van der Waals surface area contributed by atoms with Crippen LogP contribution in [0.2, 0.25) is 0 Å². The van der Waals surface area contributed by atoms with E-state index >= 15 is 0 Å². The van der Waals surface area contributed by atoms with Crippen LogP contribution < -0.4 is 10.1 Å². The molecule has 2 aromatic carbocycles. The lowest BCUT2D eigenvalue weighted by atomic mass is 9.94. The average molecular weight is 461 g/mol. The Labute approximate surface area is 198 Å². The molecule has 1 N–H and O–H groups in total. The molecule has 0 aliphatic carbocycles. The summed E-state index contributed by atoms with van der Waals surface area (Å²) in [5.74, 6) is 2.17. The highest BCUT2D eigenvalue weighted by Gasteiger charge is 2.32. The molecular formula is C27H28N2O3S. The largest absolute Gasteiger partial charge is 0.497 e. The molecule has 1 saturated heterocycles. The number of fused-ring (bicyclic) bond motifs is 1. The van der Waals surface area contributed by atoms with Crippen LogP contribution in [-0.2, 0) is 0 Å². The average Bonchev–Trinajstić information content (AvgIpc) is 3.50. The van der Waals surface area contributed by atoms with Crippen LogP contribution in [0.1, 0.15) is 46.8 Å². The summed E-state index contributed by atoms with van der Waals surface area (Å²) in [6, 6.07) is 19.7. The molecule has 0 spiro atoms. The van der Waals surface area contributed by atoms with Crippen molar-refractivity contribution in [1.29, 1.82) is 0 Å². The van der Waals surface area contributed by atoms with Gasteiger partial charge in [0, 0.05) is 5.39 Å². The molecule has 5 nitrogen and oxygen atoms in total. The van der Waals surface area contributed by atoms with Crippen molar-refractivity contribution in [2.45, 2.75) is 25.8 Å². The maximum absolute atomic E-state index is 13.1. The summed E-state index contributed by atoms with van der Waals surface area (Å²) in [6.45, 7) is 4.25. The summed E-state index contributed by atoms with van der Waals surface area (Å²) >= 11 is 1.43. The van der Waals surface area contributed by atoms with Gasteiger partial charge < -0.3 is 14.5 Å². The molecule has 1 atom stereocenters. The number of piperidine rings is 1. The van der Waals surface area contributed by atoms with Crippen LogP contribution in [-0.4, -0.2) is 31.0 Å². The van der Waals surface area contributed by atoms with E-state index in [2.05, 4.69) is 29.3 Å². The van der Waals surface area contributed by atoms with Gasteiger partial charge in [0.1, 0.15) is 17.1 Å². The fraction of sp³-hybridized carbons (Fsp3) is 0.296. The first kappa shape index (κ1) is 21.7. The summed E-state index contributed by atoms with van der Waals surface area (Å²) in [5, 5.41) is 6.01. The van der Waals surface area contributed by atoms with Gasteiger partial charge in [-0.2, -0.15) is 0 Å². The number of para-hydroxylation sites is 1. The Hall–Kier alpha value is -3.09.